The van der Waals surface area contributed by atoms with E-state index in [0.29, 0.717) is 16.5 Å². The molecule has 1 aliphatic carbocycles. The largest absolute Gasteiger partial charge is 0.410 e. The number of amides is 1. The normalized spacial score (nSPS) is 21.8. The van der Waals surface area contributed by atoms with Crippen molar-refractivity contribution in [2.24, 2.45) is 5.92 Å². The Bertz CT molecular complexity index is 1290. The number of aromatic nitrogens is 2. The topological polar surface area (TPSA) is 82.7 Å². The maximum atomic E-state index is 13.9. The van der Waals surface area contributed by atoms with Crippen molar-refractivity contribution in [1.82, 2.24) is 9.78 Å². The number of carbonyl (C=O) groups is 1. The highest BCUT2D eigenvalue weighted by Gasteiger charge is 2.48. The van der Waals surface area contributed by atoms with Gasteiger partial charge in [0.05, 0.1) is 11.6 Å². The van der Waals surface area contributed by atoms with Crippen LogP contribution in [0, 0.1) is 17.2 Å². The molecule has 3 atom stereocenters. The maximum absolute atomic E-state index is 13.9. The van der Waals surface area contributed by atoms with Crippen LogP contribution < -0.4 is 10.6 Å². The number of fused-ring (bicyclic) bond motifs is 2. The molecule has 0 aromatic carbocycles. The number of hydrogen-bond acceptors (Lipinski definition) is 6. The van der Waals surface area contributed by atoms with Crippen molar-refractivity contribution in [3.63, 3.8) is 0 Å². The Morgan fingerprint density at radius 2 is 2.24 bits per heavy atom. The summed E-state index contributed by atoms with van der Waals surface area (Å²) in [4.78, 5) is 14.9. The minimum absolute atomic E-state index is 0.0430. The molecule has 5 rings (SSSR count). The Morgan fingerprint density at radius 3 is 2.91 bits per heavy atom. The van der Waals surface area contributed by atoms with Gasteiger partial charge < -0.3 is 10.6 Å². The summed E-state index contributed by atoms with van der Waals surface area (Å²) >= 11 is 9.08. The molecule has 178 valence electrons. The second kappa shape index (κ2) is 8.59. The van der Waals surface area contributed by atoms with Crippen molar-refractivity contribution in [2.75, 3.05) is 10.6 Å². The molecule has 0 saturated carbocycles. The third-order valence-corrected chi connectivity index (χ3v) is 8.76. The molecule has 2 aliphatic rings. The molecular formula is C22H19ClF3N5OS2. The van der Waals surface area contributed by atoms with Gasteiger partial charge in [-0.05, 0) is 42.2 Å². The Morgan fingerprint density at radius 1 is 1.44 bits per heavy atom. The van der Waals surface area contributed by atoms with Gasteiger partial charge in [-0.3, -0.25) is 4.79 Å². The molecule has 12 heteroatoms. The van der Waals surface area contributed by atoms with E-state index in [-0.39, 0.29) is 23.0 Å². The molecule has 3 aromatic rings. The first-order chi connectivity index (χ1) is 16.2. The summed E-state index contributed by atoms with van der Waals surface area (Å²) < 4.78 is 42.5. The molecule has 2 N–H and O–H groups in total. The number of nitrogens with zero attached hydrogens (tertiary/aromatic N) is 3. The van der Waals surface area contributed by atoms with E-state index >= 15 is 0 Å². The van der Waals surface area contributed by atoms with E-state index in [2.05, 4.69) is 28.7 Å². The Labute approximate surface area is 206 Å². The van der Waals surface area contributed by atoms with E-state index in [1.54, 1.807) is 17.5 Å². The van der Waals surface area contributed by atoms with Gasteiger partial charge in [0.2, 0.25) is 0 Å². The molecule has 0 spiro atoms. The summed E-state index contributed by atoms with van der Waals surface area (Å²) in [7, 11) is 0. The number of rotatable bonds is 3. The molecule has 0 radical (unpaired) electrons. The van der Waals surface area contributed by atoms with Crippen LogP contribution in [0.1, 0.15) is 63.2 Å². The van der Waals surface area contributed by atoms with Crippen LogP contribution >= 0.6 is 34.3 Å². The van der Waals surface area contributed by atoms with E-state index < -0.39 is 24.2 Å². The summed E-state index contributed by atoms with van der Waals surface area (Å²) in [5.41, 5.74) is 1.03. The van der Waals surface area contributed by atoms with Crippen molar-refractivity contribution in [1.29, 1.82) is 5.26 Å². The molecule has 4 heterocycles. The van der Waals surface area contributed by atoms with Crippen LogP contribution in [0.2, 0.25) is 5.02 Å². The summed E-state index contributed by atoms with van der Waals surface area (Å²) in [5.74, 6) is -0.304. The minimum Gasteiger partial charge on any atom is -0.361 e. The average Bonchev–Trinajstić information content (AvgIpc) is 3.50. The molecule has 6 nitrogen and oxygen atoms in total. The highest BCUT2D eigenvalue weighted by atomic mass is 35.5. The lowest BCUT2D eigenvalue weighted by Crippen LogP contribution is -2.35. The standard InChI is InChI=1S/C22H19ClF3N5OS2/c1-10-4-5-11-12(9-27)21(34-15(11)7-10)29-20(32)18-17(23)19-28-13(14-3-2-6-33-14)8-16(22(24,25)26)31(19)30-18/h2-3,6,10,13,16,28H,4-5,7-8H2,1H3,(H,29,32)/t10-,13+,16-/m0/s1. The molecule has 0 bridgehead atoms. The number of halogens is 4. The van der Waals surface area contributed by atoms with Crippen LogP contribution in [-0.2, 0) is 12.8 Å². The van der Waals surface area contributed by atoms with Crippen molar-refractivity contribution >= 4 is 51.0 Å². The lowest BCUT2D eigenvalue weighted by molar-refractivity contribution is -0.173. The molecule has 1 aliphatic heterocycles. The highest BCUT2D eigenvalue weighted by molar-refractivity contribution is 7.16. The van der Waals surface area contributed by atoms with E-state index in [0.717, 1.165) is 39.3 Å². The monoisotopic (exact) mass is 525 g/mol. The van der Waals surface area contributed by atoms with Crippen LogP contribution in [0.25, 0.3) is 0 Å². The third-order valence-electron chi connectivity index (χ3n) is 6.25. The second-order valence-electron chi connectivity index (χ2n) is 8.58. The smallest absolute Gasteiger partial charge is 0.361 e. The third kappa shape index (κ3) is 3.97. The van der Waals surface area contributed by atoms with Gasteiger partial charge in [0.15, 0.2) is 11.7 Å². The maximum Gasteiger partial charge on any atom is 0.410 e. The van der Waals surface area contributed by atoms with Crippen molar-refractivity contribution in [3.05, 3.63) is 49.1 Å². The second-order valence-corrected chi connectivity index (χ2v) is 11.0. The molecular weight excluding hydrogens is 507 g/mol. The van der Waals surface area contributed by atoms with Gasteiger partial charge in [0, 0.05) is 16.2 Å². The molecule has 1 amide bonds. The first-order valence-corrected chi connectivity index (χ1v) is 12.8. The summed E-state index contributed by atoms with van der Waals surface area (Å²) in [6.07, 6.45) is -2.31. The fourth-order valence-electron chi connectivity index (χ4n) is 4.53. The zero-order valence-corrected chi connectivity index (χ0v) is 20.3. The molecule has 0 unspecified atom stereocenters. The Balaban J connectivity index is 1.49. The van der Waals surface area contributed by atoms with Gasteiger partial charge >= 0.3 is 6.18 Å². The number of anilines is 2. The average molecular weight is 526 g/mol. The van der Waals surface area contributed by atoms with Crippen molar-refractivity contribution < 1.29 is 18.0 Å². The van der Waals surface area contributed by atoms with Crippen molar-refractivity contribution in [2.45, 2.75) is 50.9 Å². The lowest BCUT2D eigenvalue weighted by Gasteiger charge is -2.32. The van der Waals surface area contributed by atoms with Crippen LogP contribution in [-0.4, -0.2) is 21.9 Å². The highest BCUT2D eigenvalue weighted by Crippen LogP contribution is 2.47. The number of nitrogens with one attached hydrogen (secondary N) is 2. The van der Waals surface area contributed by atoms with Crippen molar-refractivity contribution in [3.8, 4) is 6.07 Å². The quantitative estimate of drug-likeness (QED) is 0.405. The van der Waals surface area contributed by atoms with E-state index in [1.165, 1.54) is 22.7 Å². The van der Waals surface area contributed by atoms with Gasteiger partial charge in [-0.15, -0.1) is 22.7 Å². The number of hydrogen-bond donors (Lipinski definition) is 2. The van der Waals surface area contributed by atoms with Crippen LogP contribution in [0.4, 0.5) is 24.0 Å². The molecule has 34 heavy (non-hydrogen) atoms. The lowest BCUT2D eigenvalue weighted by atomic mass is 9.89. The van der Waals surface area contributed by atoms with Crippen LogP contribution in [0.5, 0.6) is 0 Å². The number of thiophene rings is 2. The van der Waals surface area contributed by atoms with Gasteiger partial charge in [0.25, 0.3) is 5.91 Å². The molecule has 0 saturated heterocycles. The zero-order chi connectivity index (χ0) is 24.2. The first-order valence-electron chi connectivity index (χ1n) is 10.7. The predicted molar refractivity (Wildman–Crippen MR) is 126 cm³/mol. The SMILES string of the molecule is C[C@H]1CCc2c(sc(NC(=O)c3nn4c(c3Cl)N[C@@H](c3cccs3)C[C@H]4C(F)(F)F)c2C#N)C1. The van der Waals surface area contributed by atoms with Gasteiger partial charge in [-0.25, -0.2) is 4.68 Å². The van der Waals surface area contributed by atoms with Gasteiger partial charge in [-0.2, -0.15) is 23.5 Å². The van der Waals surface area contributed by atoms with E-state index in [1.807, 2.05) is 0 Å². The number of nitriles is 1. The Kier molecular flexibility index (Phi) is 5.86. The van der Waals surface area contributed by atoms with E-state index in [9.17, 15) is 23.2 Å². The summed E-state index contributed by atoms with van der Waals surface area (Å²) in [5, 5.41) is 21.3. The van der Waals surface area contributed by atoms with E-state index in [4.69, 9.17) is 11.6 Å². The fraction of sp³-hybridized carbons (Fsp3) is 0.409. The van der Waals surface area contributed by atoms with Crippen LogP contribution in [0.15, 0.2) is 17.5 Å². The fourth-order valence-corrected chi connectivity index (χ4v) is 6.94. The van der Waals surface area contributed by atoms with Crippen LogP contribution in [0.3, 0.4) is 0 Å². The van der Waals surface area contributed by atoms with Gasteiger partial charge in [-0.1, -0.05) is 24.6 Å². The number of alkyl halides is 3. The zero-order valence-electron chi connectivity index (χ0n) is 17.9. The van der Waals surface area contributed by atoms with Gasteiger partial charge in [0.1, 0.15) is 21.9 Å². The summed E-state index contributed by atoms with van der Waals surface area (Å²) in [6.45, 7) is 2.13. The predicted octanol–water partition coefficient (Wildman–Crippen LogP) is 6.57. The first kappa shape index (κ1) is 23.2. The minimum atomic E-state index is -4.58. The summed E-state index contributed by atoms with van der Waals surface area (Å²) in [6, 6.07) is 3.15. The number of carbonyl (C=O) groups excluding carboxylic acids is 1. The molecule has 0 fully saturated rings. The Hall–Kier alpha value is -2.55. The molecule has 3 aromatic heterocycles.